The number of benzene rings is 2. The van der Waals surface area contributed by atoms with E-state index in [1.165, 1.54) is 10.6 Å². The minimum Gasteiger partial charge on any atom is -0.352 e. The lowest BCUT2D eigenvalue weighted by Gasteiger charge is -2.32. The number of hydrogen-bond donors (Lipinski definition) is 1. The Morgan fingerprint density at radius 1 is 1.08 bits per heavy atom. The Kier molecular flexibility index (Phi) is 11.1. The van der Waals surface area contributed by atoms with Crippen LogP contribution in [0.2, 0.25) is 10.0 Å². The number of halogens is 2. The van der Waals surface area contributed by atoms with E-state index in [4.69, 9.17) is 23.2 Å². The van der Waals surface area contributed by atoms with E-state index in [1.807, 2.05) is 39.0 Å². The molecule has 0 radical (unpaired) electrons. The Morgan fingerprint density at radius 3 is 2.38 bits per heavy atom. The number of carbonyl (C=O) groups excluding carboxylic acids is 2. The molecule has 10 heteroatoms. The van der Waals surface area contributed by atoms with Crippen LogP contribution in [0.4, 0.5) is 5.69 Å². The zero-order valence-corrected chi connectivity index (χ0v) is 25.5. The van der Waals surface area contributed by atoms with Crippen molar-refractivity contribution in [3.63, 3.8) is 0 Å². The first kappa shape index (κ1) is 31.2. The van der Waals surface area contributed by atoms with Crippen LogP contribution in [0.1, 0.15) is 68.6 Å². The van der Waals surface area contributed by atoms with Crippen LogP contribution in [0, 0.1) is 13.8 Å². The van der Waals surface area contributed by atoms with Gasteiger partial charge in [-0.1, -0.05) is 61.2 Å². The molecule has 0 aromatic heterocycles. The third kappa shape index (κ3) is 8.60. The van der Waals surface area contributed by atoms with Crippen LogP contribution >= 0.6 is 23.2 Å². The van der Waals surface area contributed by atoms with E-state index in [9.17, 15) is 18.0 Å². The van der Waals surface area contributed by atoms with Crippen molar-refractivity contribution in [2.24, 2.45) is 0 Å². The monoisotopic (exact) mass is 595 g/mol. The maximum atomic E-state index is 13.7. The van der Waals surface area contributed by atoms with Gasteiger partial charge >= 0.3 is 0 Å². The van der Waals surface area contributed by atoms with Gasteiger partial charge in [0.25, 0.3) is 0 Å². The lowest BCUT2D eigenvalue weighted by molar-refractivity contribution is -0.141. The van der Waals surface area contributed by atoms with E-state index in [0.29, 0.717) is 34.1 Å². The molecule has 2 aromatic carbocycles. The van der Waals surface area contributed by atoms with E-state index in [-0.39, 0.29) is 37.4 Å². The third-order valence-corrected chi connectivity index (χ3v) is 9.00. The second-order valence-electron chi connectivity index (χ2n) is 10.4. The van der Waals surface area contributed by atoms with E-state index in [0.717, 1.165) is 36.8 Å². The van der Waals surface area contributed by atoms with E-state index < -0.39 is 16.1 Å². The van der Waals surface area contributed by atoms with Crippen molar-refractivity contribution in [3.05, 3.63) is 63.1 Å². The topological polar surface area (TPSA) is 86.8 Å². The summed E-state index contributed by atoms with van der Waals surface area (Å²) in [5.74, 6) is -0.403. The van der Waals surface area contributed by atoms with Gasteiger partial charge in [-0.05, 0) is 74.4 Å². The molecule has 0 bridgehead atoms. The number of hydrogen-bond acceptors (Lipinski definition) is 4. The fourth-order valence-corrected chi connectivity index (χ4v) is 6.57. The van der Waals surface area contributed by atoms with Crippen LogP contribution in [-0.2, 0) is 26.2 Å². The fourth-order valence-electron chi connectivity index (χ4n) is 5.09. The summed E-state index contributed by atoms with van der Waals surface area (Å²) >= 11 is 12.5. The number of nitrogens with one attached hydrogen (secondary N) is 1. The van der Waals surface area contributed by atoms with Gasteiger partial charge in [0.1, 0.15) is 6.04 Å². The number of anilines is 1. The summed E-state index contributed by atoms with van der Waals surface area (Å²) in [6.07, 6.45) is 6.04. The molecule has 1 N–H and O–H groups in total. The van der Waals surface area contributed by atoms with Gasteiger partial charge in [-0.2, -0.15) is 0 Å². The molecule has 214 valence electrons. The highest BCUT2D eigenvalue weighted by Gasteiger charge is 2.31. The number of sulfonamides is 1. The van der Waals surface area contributed by atoms with Gasteiger partial charge in [0, 0.05) is 35.6 Å². The SMILES string of the molecule is CC[C@@H](C(=O)NC1CCCC1)N(Cc1ccc(Cl)cc1Cl)C(=O)CCCN(c1cc(C)ccc1C)S(C)(=O)=O. The van der Waals surface area contributed by atoms with Crippen molar-refractivity contribution in [2.45, 2.75) is 84.3 Å². The first-order valence-corrected chi connectivity index (χ1v) is 16.1. The quantitative estimate of drug-likeness (QED) is 0.325. The first-order chi connectivity index (χ1) is 18.4. The number of nitrogens with zero attached hydrogens (tertiary/aromatic N) is 2. The highest BCUT2D eigenvalue weighted by Crippen LogP contribution is 2.27. The average molecular weight is 597 g/mol. The lowest BCUT2D eigenvalue weighted by atomic mass is 10.1. The molecule has 1 aliphatic carbocycles. The van der Waals surface area contributed by atoms with Gasteiger partial charge in [0.2, 0.25) is 21.8 Å². The van der Waals surface area contributed by atoms with Gasteiger partial charge < -0.3 is 10.2 Å². The van der Waals surface area contributed by atoms with Crippen molar-refractivity contribution in [3.8, 4) is 0 Å². The highest BCUT2D eigenvalue weighted by molar-refractivity contribution is 7.92. The van der Waals surface area contributed by atoms with Gasteiger partial charge in [-0.15, -0.1) is 0 Å². The second kappa shape index (κ2) is 13.9. The molecule has 7 nitrogen and oxygen atoms in total. The van der Waals surface area contributed by atoms with Gasteiger partial charge in [0.15, 0.2) is 0 Å². The van der Waals surface area contributed by atoms with E-state index in [2.05, 4.69) is 5.32 Å². The van der Waals surface area contributed by atoms with Crippen molar-refractivity contribution < 1.29 is 18.0 Å². The molecular weight excluding hydrogens is 557 g/mol. The zero-order valence-electron chi connectivity index (χ0n) is 23.2. The largest absolute Gasteiger partial charge is 0.352 e. The summed E-state index contributed by atoms with van der Waals surface area (Å²) in [5.41, 5.74) is 3.09. The molecule has 3 rings (SSSR count). The number of aryl methyl sites for hydroxylation is 2. The summed E-state index contributed by atoms with van der Waals surface area (Å²) < 4.78 is 26.7. The predicted molar refractivity (Wildman–Crippen MR) is 159 cm³/mol. The summed E-state index contributed by atoms with van der Waals surface area (Å²) in [6.45, 7) is 5.96. The van der Waals surface area contributed by atoms with Crippen molar-refractivity contribution in [1.82, 2.24) is 10.2 Å². The molecule has 0 spiro atoms. The lowest BCUT2D eigenvalue weighted by Crippen LogP contribution is -2.51. The molecule has 2 amide bonds. The number of rotatable bonds is 12. The summed E-state index contributed by atoms with van der Waals surface area (Å²) in [4.78, 5) is 28.6. The highest BCUT2D eigenvalue weighted by atomic mass is 35.5. The smallest absolute Gasteiger partial charge is 0.243 e. The van der Waals surface area contributed by atoms with Crippen LogP contribution in [0.15, 0.2) is 36.4 Å². The molecule has 0 aliphatic heterocycles. The van der Waals surface area contributed by atoms with Gasteiger partial charge in [-0.3, -0.25) is 13.9 Å². The Hall–Kier alpha value is -2.29. The zero-order chi connectivity index (χ0) is 28.7. The molecule has 2 aromatic rings. The van der Waals surface area contributed by atoms with Crippen molar-refractivity contribution >= 4 is 50.7 Å². The van der Waals surface area contributed by atoms with E-state index >= 15 is 0 Å². The molecular formula is C29H39Cl2N3O4S. The summed E-state index contributed by atoms with van der Waals surface area (Å²) in [5, 5.41) is 4.03. The maximum Gasteiger partial charge on any atom is 0.243 e. The Labute approximate surface area is 242 Å². The molecule has 1 aliphatic rings. The van der Waals surface area contributed by atoms with Gasteiger partial charge in [0.05, 0.1) is 11.9 Å². The Morgan fingerprint density at radius 2 is 1.77 bits per heavy atom. The minimum absolute atomic E-state index is 0.0787. The van der Waals surface area contributed by atoms with Crippen LogP contribution in [-0.4, -0.2) is 50.0 Å². The van der Waals surface area contributed by atoms with Gasteiger partial charge in [-0.25, -0.2) is 8.42 Å². The van der Waals surface area contributed by atoms with Crippen LogP contribution in [0.3, 0.4) is 0 Å². The molecule has 1 atom stereocenters. The molecule has 1 saturated carbocycles. The van der Waals surface area contributed by atoms with Crippen LogP contribution in [0.25, 0.3) is 0 Å². The number of carbonyl (C=O) groups is 2. The summed E-state index contributed by atoms with van der Waals surface area (Å²) in [7, 11) is -3.57. The Balaban J connectivity index is 1.81. The second-order valence-corrected chi connectivity index (χ2v) is 13.2. The molecule has 0 heterocycles. The van der Waals surface area contributed by atoms with Crippen molar-refractivity contribution in [2.75, 3.05) is 17.1 Å². The van der Waals surface area contributed by atoms with Crippen molar-refractivity contribution in [1.29, 1.82) is 0 Å². The Bertz CT molecular complexity index is 1280. The normalized spacial score (nSPS) is 14.7. The molecule has 0 saturated heterocycles. The third-order valence-electron chi connectivity index (χ3n) is 7.23. The fraction of sp³-hybridized carbons (Fsp3) is 0.517. The molecule has 0 unspecified atom stereocenters. The molecule has 39 heavy (non-hydrogen) atoms. The standard InChI is InChI=1S/C29H39Cl2N3O4S/c1-5-26(29(36)32-24-9-6-7-10-24)33(19-22-14-15-23(30)18-25(22)31)28(35)11-8-16-34(39(4,37)38)27-17-20(2)12-13-21(27)3/h12-15,17-18,24,26H,5-11,16,19H2,1-4H3,(H,32,36)/t26-/m0/s1. The minimum atomic E-state index is -3.57. The van der Waals surface area contributed by atoms with Crippen LogP contribution < -0.4 is 9.62 Å². The maximum absolute atomic E-state index is 13.7. The van der Waals surface area contributed by atoms with E-state index in [1.54, 1.807) is 23.1 Å². The average Bonchev–Trinajstić information content (AvgIpc) is 3.37. The van der Waals surface area contributed by atoms with Crippen LogP contribution in [0.5, 0.6) is 0 Å². The summed E-state index contributed by atoms with van der Waals surface area (Å²) in [6, 6.07) is 10.2. The first-order valence-electron chi connectivity index (χ1n) is 13.5. The predicted octanol–water partition coefficient (Wildman–Crippen LogP) is 6.02. The number of amides is 2. The molecule has 1 fully saturated rings.